The first-order chi connectivity index (χ1) is 8.11. The molecule has 1 aromatic rings. The average Bonchev–Trinajstić information content (AvgIpc) is 2.79. The van der Waals surface area contributed by atoms with Crippen molar-refractivity contribution in [3.8, 4) is 0 Å². The molecule has 0 unspecified atom stereocenters. The molecule has 0 radical (unpaired) electrons. The summed E-state index contributed by atoms with van der Waals surface area (Å²) in [5.41, 5.74) is 0.574. The molecule has 1 aliphatic heterocycles. The predicted octanol–water partition coefficient (Wildman–Crippen LogP) is 2.52. The highest BCUT2D eigenvalue weighted by Crippen LogP contribution is 2.20. The van der Waals surface area contributed by atoms with Crippen molar-refractivity contribution >= 4 is 40.7 Å². The molecule has 1 saturated heterocycles. The summed E-state index contributed by atoms with van der Waals surface area (Å²) < 4.78 is 0. The molecular weight excluding hydrogens is 252 g/mol. The van der Waals surface area contributed by atoms with Gasteiger partial charge in [-0.25, -0.2) is 0 Å². The Bertz CT molecular complexity index is 490. The Morgan fingerprint density at radius 2 is 2.29 bits per heavy atom. The fourth-order valence-electron chi connectivity index (χ4n) is 1.67. The van der Waals surface area contributed by atoms with Gasteiger partial charge in [0.15, 0.2) is 5.11 Å². The van der Waals surface area contributed by atoms with Crippen molar-refractivity contribution in [3.05, 3.63) is 27.6 Å². The number of thiophene rings is 1. The van der Waals surface area contributed by atoms with Crippen LogP contribution in [0.25, 0.3) is 6.08 Å². The summed E-state index contributed by atoms with van der Waals surface area (Å²) in [6.07, 6.45) is 2.76. The third-order valence-electron chi connectivity index (χ3n) is 2.46. The van der Waals surface area contributed by atoms with Crippen LogP contribution in [0.1, 0.15) is 23.1 Å². The Labute approximate surface area is 110 Å². The van der Waals surface area contributed by atoms with Crippen molar-refractivity contribution in [1.82, 2.24) is 10.2 Å². The van der Waals surface area contributed by atoms with Gasteiger partial charge in [0, 0.05) is 16.3 Å². The molecule has 0 atom stereocenters. The first kappa shape index (κ1) is 12.3. The number of carbonyl (C=O) groups excluding carboxylic acids is 1. The lowest BCUT2D eigenvalue weighted by Crippen LogP contribution is -2.31. The highest BCUT2D eigenvalue weighted by Gasteiger charge is 2.29. The first-order valence-corrected chi connectivity index (χ1v) is 6.75. The van der Waals surface area contributed by atoms with Gasteiger partial charge < -0.3 is 5.32 Å². The number of thiocarbonyl (C=S) groups is 1. The summed E-state index contributed by atoms with van der Waals surface area (Å²) in [6.45, 7) is 4.75. The summed E-state index contributed by atoms with van der Waals surface area (Å²) >= 11 is 6.80. The van der Waals surface area contributed by atoms with Gasteiger partial charge >= 0.3 is 0 Å². The van der Waals surface area contributed by atoms with Crippen LogP contribution < -0.4 is 5.32 Å². The Morgan fingerprint density at radius 3 is 2.88 bits per heavy atom. The molecule has 0 aliphatic carbocycles. The van der Waals surface area contributed by atoms with E-state index in [2.05, 4.69) is 5.32 Å². The van der Waals surface area contributed by atoms with E-state index in [9.17, 15) is 4.79 Å². The maximum atomic E-state index is 12.0. The van der Waals surface area contributed by atoms with Crippen molar-refractivity contribution in [2.75, 3.05) is 6.54 Å². The second-order valence-corrected chi connectivity index (χ2v) is 5.60. The maximum Gasteiger partial charge on any atom is 0.276 e. The molecule has 17 heavy (non-hydrogen) atoms. The van der Waals surface area contributed by atoms with Crippen LogP contribution >= 0.6 is 23.6 Å². The molecule has 2 heterocycles. The van der Waals surface area contributed by atoms with Gasteiger partial charge in [0.05, 0.1) is 0 Å². The molecule has 2 rings (SSSR count). The SMILES string of the molecule is CCCN1C(=O)/C(=C\c2ccc(C)s2)NC1=S. The zero-order chi connectivity index (χ0) is 12.4. The Kier molecular flexibility index (Phi) is 3.59. The van der Waals surface area contributed by atoms with Gasteiger partial charge in [0.25, 0.3) is 5.91 Å². The van der Waals surface area contributed by atoms with E-state index in [4.69, 9.17) is 12.2 Å². The van der Waals surface area contributed by atoms with Crippen LogP contribution in [-0.4, -0.2) is 22.5 Å². The Morgan fingerprint density at radius 1 is 1.53 bits per heavy atom. The average molecular weight is 266 g/mol. The molecule has 0 spiro atoms. The molecular formula is C12H14N2OS2. The van der Waals surface area contributed by atoms with Crippen LogP contribution in [0, 0.1) is 6.92 Å². The standard InChI is InChI=1S/C12H14N2OS2/c1-3-6-14-11(15)10(13-12(14)16)7-9-5-4-8(2)17-9/h4-5,7H,3,6H2,1-2H3,(H,13,16)/b10-7+. The maximum absolute atomic E-state index is 12.0. The van der Waals surface area contributed by atoms with Crippen LogP contribution in [0.5, 0.6) is 0 Å². The minimum absolute atomic E-state index is 0.0251. The lowest BCUT2D eigenvalue weighted by atomic mass is 10.3. The van der Waals surface area contributed by atoms with E-state index in [1.807, 2.05) is 32.1 Å². The summed E-state index contributed by atoms with van der Waals surface area (Å²) in [6, 6.07) is 4.05. The van der Waals surface area contributed by atoms with E-state index in [1.165, 1.54) is 4.88 Å². The lowest BCUT2D eigenvalue weighted by Gasteiger charge is -2.11. The smallest absolute Gasteiger partial charge is 0.276 e. The number of hydrogen-bond donors (Lipinski definition) is 1. The van der Waals surface area contributed by atoms with Crippen molar-refractivity contribution in [3.63, 3.8) is 0 Å². The number of amides is 1. The quantitative estimate of drug-likeness (QED) is 0.674. The first-order valence-electron chi connectivity index (χ1n) is 5.53. The molecule has 1 N–H and O–H groups in total. The largest absolute Gasteiger partial charge is 0.328 e. The van der Waals surface area contributed by atoms with Crippen LogP contribution in [0.15, 0.2) is 17.8 Å². The van der Waals surface area contributed by atoms with Gasteiger partial charge in [-0.15, -0.1) is 11.3 Å². The molecule has 1 amide bonds. The Balaban J connectivity index is 2.21. The number of nitrogens with one attached hydrogen (secondary N) is 1. The van der Waals surface area contributed by atoms with Gasteiger partial charge in [-0.2, -0.15) is 0 Å². The van der Waals surface area contributed by atoms with Gasteiger partial charge in [0.2, 0.25) is 0 Å². The van der Waals surface area contributed by atoms with E-state index >= 15 is 0 Å². The molecule has 1 fully saturated rings. The topological polar surface area (TPSA) is 32.3 Å². The van der Waals surface area contributed by atoms with Crippen LogP contribution in [-0.2, 0) is 4.79 Å². The van der Waals surface area contributed by atoms with Gasteiger partial charge in [-0.3, -0.25) is 9.69 Å². The number of carbonyl (C=O) groups is 1. The summed E-state index contributed by atoms with van der Waals surface area (Å²) in [7, 11) is 0. The highest BCUT2D eigenvalue weighted by molar-refractivity contribution is 7.80. The minimum atomic E-state index is -0.0251. The van der Waals surface area contributed by atoms with Crippen molar-refractivity contribution < 1.29 is 4.79 Å². The van der Waals surface area contributed by atoms with E-state index in [-0.39, 0.29) is 5.91 Å². The monoisotopic (exact) mass is 266 g/mol. The predicted molar refractivity (Wildman–Crippen MR) is 74.8 cm³/mol. The zero-order valence-electron chi connectivity index (χ0n) is 9.82. The summed E-state index contributed by atoms with van der Waals surface area (Å²) in [5, 5.41) is 3.48. The number of aryl methyl sites for hydroxylation is 1. The summed E-state index contributed by atoms with van der Waals surface area (Å²) in [4.78, 5) is 15.9. The number of hydrogen-bond acceptors (Lipinski definition) is 3. The van der Waals surface area contributed by atoms with Gasteiger partial charge in [-0.05, 0) is 43.8 Å². The number of nitrogens with zero attached hydrogens (tertiary/aromatic N) is 1. The van der Waals surface area contributed by atoms with Gasteiger partial charge in [0.1, 0.15) is 5.70 Å². The highest BCUT2D eigenvalue weighted by atomic mass is 32.1. The second kappa shape index (κ2) is 4.98. The van der Waals surface area contributed by atoms with E-state index in [0.717, 1.165) is 11.3 Å². The van der Waals surface area contributed by atoms with Crippen LogP contribution in [0.2, 0.25) is 0 Å². The second-order valence-electron chi connectivity index (χ2n) is 3.89. The zero-order valence-corrected chi connectivity index (χ0v) is 11.5. The van der Waals surface area contributed by atoms with Crippen LogP contribution in [0.4, 0.5) is 0 Å². The van der Waals surface area contributed by atoms with Crippen molar-refractivity contribution in [1.29, 1.82) is 0 Å². The molecule has 0 saturated carbocycles. The molecule has 3 nitrogen and oxygen atoms in total. The third kappa shape index (κ3) is 2.56. The fraction of sp³-hybridized carbons (Fsp3) is 0.333. The Hall–Kier alpha value is -1.20. The lowest BCUT2D eigenvalue weighted by molar-refractivity contribution is -0.122. The fourth-order valence-corrected chi connectivity index (χ4v) is 2.78. The molecule has 5 heteroatoms. The molecule has 0 aromatic carbocycles. The van der Waals surface area contributed by atoms with Crippen molar-refractivity contribution in [2.45, 2.75) is 20.3 Å². The molecule has 90 valence electrons. The molecule has 0 bridgehead atoms. The van der Waals surface area contributed by atoms with E-state index in [1.54, 1.807) is 16.2 Å². The van der Waals surface area contributed by atoms with Gasteiger partial charge in [-0.1, -0.05) is 6.92 Å². The molecule has 1 aliphatic rings. The van der Waals surface area contributed by atoms with E-state index in [0.29, 0.717) is 17.4 Å². The van der Waals surface area contributed by atoms with Crippen molar-refractivity contribution in [2.24, 2.45) is 0 Å². The molecule has 1 aromatic heterocycles. The minimum Gasteiger partial charge on any atom is -0.328 e. The van der Waals surface area contributed by atoms with E-state index < -0.39 is 0 Å². The number of rotatable bonds is 3. The summed E-state index contributed by atoms with van der Waals surface area (Å²) in [5.74, 6) is -0.0251. The normalized spacial score (nSPS) is 18.0. The van der Waals surface area contributed by atoms with Crippen LogP contribution in [0.3, 0.4) is 0 Å². The third-order valence-corrected chi connectivity index (χ3v) is 3.73.